The van der Waals surface area contributed by atoms with Gasteiger partial charge in [-0.25, -0.2) is 0 Å². The fourth-order valence-corrected chi connectivity index (χ4v) is 3.48. The van der Waals surface area contributed by atoms with Gasteiger partial charge in [-0.3, -0.25) is 4.79 Å². The van der Waals surface area contributed by atoms with Crippen molar-refractivity contribution >= 4 is 34.8 Å². The number of nitrogens with zero attached hydrogens (tertiary/aromatic N) is 3. The van der Waals surface area contributed by atoms with E-state index in [1.807, 2.05) is 37.3 Å². The summed E-state index contributed by atoms with van der Waals surface area (Å²) in [5.74, 6) is 0.815. The summed E-state index contributed by atoms with van der Waals surface area (Å²) in [5.41, 5.74) is 2.57. The number of amides is 1. The predicted molar refractivity (Wildman–Crippen MR) is 101 cm³/mol. The zero-order valence-corrected chi connectivity index (χ0v) is 15.5. The Kier molecular flexibility index (Phi) is 4.42. The molecule has 3 aromatic rings. The van der Waals surface area contributed by atoms with E-state index in [4.69, 9.17) is 27.7 Å². The van der Waals surface area contributed by atoms with E-state index in [0.29, 0.717) is 34.7 Å². The molecule has 1 amide bonds. The van der Waals surface area contributed by atoms with Crippen molar-refractivity contribution in [1.82, 2.24) is 10.1 Å². The minimum Gasteiger partial charge on any atom is -0.334 e. The first-order valence-electron chi connectivity index (χ1n) is 8.17. The van der Waals surface area contributed by atoms with Crippen molar-refractivity contribution in [2.24, 2.45) is 0 Å². The topological polar surface area (TPSA) is 59.2 Å². The predicted octanol–water partition coefficient (Wildman–Crippen LogP) is 4.87. The van der Waals surface area contributed by atoms with Crippen molar-refractivity contribution in [3.8, 4) is 11.5 Å². The number of anilines is 1. The molecule has 1 unspecified atom stereocenters. The third kappa shape index (κ3) is 3.20. The second-order valence-corrected chi connectivity index (χ2v) is 7.18. The highest BCUT2D eigenvalue weighted by Gasteiger charge is 2.35. The van der Waals surface area contributed by atoms with Crippen molar-refractivity contribution in [2.75, 3.05) is 11.4 Å². The van der Waals surface area contributed by atoms with Crippen LogP contribution in [0.1, 0.15) is 23.7 Å². The molecular formula is C19H15Cl2N3O2. The van der Waals surface area contributed by atoms with Gasteiger partial charge in [0.1, 0.15) is 0 Å². The molecule has 1 saturated heterocycles. The summed E-state index contributed by atoms with van der Waals surface area (Å²) < 4.78 is 5.37. The van der Waals surface area contributed by atoms with Crippen LogP contribution in [0.25, 0.3) is 11.5 Å². The van der Waals surface area contributed by atoms with Crippen LogP contribution in [0.3, 0.4) is 0 Å². The third-order valence-corrected chi connectivity index (χ3v) is 4.94. The van der Waals surface area contributed by atoms with Gasteiger partial charge in [-0.15, -0.1) is 0 Å². The lowest BCUT2D eigenvalue weighted by molar-refractivity contribution is -0.117. The summed E-state index contributed by atoms with van der Waals surface area (Å²) >= 11 is 12.1. The van der Waals surface area contributed by atoms with Crippen LogP contribution >= 0.6 is 23.2 Å². The lowest BCUT2D eigenvalue weighted by Gasteiger charge is -2.19. The quantitative estimate of drug-likeness (QED) is 0.642. The number of hydrogen-bond acceptors (Lipinski definition) is 4. The van der Waals surface area contributed by atoms with Gasteiger partial charge in [0.15, 0.2) is 5.82 Å². The molecule has 5 nitrogen and oxygen atoms in total. The van der Waals surface area contributed by atoms with Gasteiger partial charge in [0.25, 0.3) is 5.89 Å². The average Bonchev–Trinajstić information content (AvgIpc) is 3.24. The molecule has 0 saturated carbocycles. The summed E-state index contributed by atoms with van der Waals surface area (Å²) in [7, 11) is 0. The molecule has 2 aromatic carbocycles. The van der Waals surface area contributed by atoms with Crippen molar-refractivity contribution in [2.45, 2.75) is 19.3 Å². The SMILES string of the molecule is Cc1ccc(Cl)cc1N1CC(c2noc(-c3cccc(Cl)c3)n2)CC1=O. The van der Waals surface area contributed by atoms with E-state index in [1.165, 1.54) is 0 Å². The van der Waals surface area contributed by atoms with E-state index in [0.717, 1.165) is 16.8 Å². The van der Waals surface area contributed by atoms with Crippen molar-refractivity contribution in [3.05, 3.63) is 63.9 Å². The largest absolute Gasteiger partial charge is 0.334 e. The molecule has 0 aliphatic carbocycles. The van der Waals surface area contributed by atoms with E-state index >= 15 is 0 Å². The highest BCUT2D eigenvalue weighted by molar-refractivity contribution is 6.31. The molecule has 1 aliphatic heterocycles. The van der Waals surface area contributed by atoms with Crippen molar-refractivity contribution < 1.29 is 9.32 Å². The van der Waals surface area contributed by atoms with Crippen LogP contribution in [0.4, 0.5) is 5.69 Å². The Morgan fingerprint density at radius 3 is 2.77 bits per heavy atom. The van der Waals surface area contributed by atoms with Crippen LogP contribution in [0, 0.1) is 6.92 Å². The van der Waals surface area contributed by atoms with E-state index in [2.05, 4.69) is 10.1 Å². The Labute approximate surface area is 160 Å². The van der Waals surface area contributed by atoms with Crippen LogP contribution in [-0.4, -0.2) is 22.6 Å². The molecule has 1 atom stereocenters. The van der Waals surface area contributed by atoms with Crippen LogP contribution in [0.15, 0.2) is 47.0 Å². The van der Waals surface area contributed by atoms with Gasteiger partial charge in [0.05, 0.1) is 0 Å². The smallest absolute Gasteiger partial charge is 0.257 e. The summed E-state index contributed by atoms with van der Waals surface area (Å²) in [6.07, 6.45) is 0.334. The summed E-state index contributed by atoms with van der Waals surface area (Å²) in [4.78, 5) is 18.7. The van der Waals surface area contributed by atoms with Crippen LogP contribution in [-0.2, 0) is 4.79 Å². The van der Waals surface area contributed by atoms with Gasteiger partial charge in [-0.05, 0) is 42.8 Å². The number of aromatic nitrogens is 2. The molecule has 1 fully saturated rings. The molecule has 7 heteroatoms. The van der Waals surface area contributed by atoms with E-state index in [-0.39, 0.29) is 11.8 Å². The molecular weight excluding hydrogens is 373 g/mol. The molecule has 1 aromatic heterocycles. The normalized spacial score (nSPS) is 17.1. The maximum Gasteiger partial charge on any atom is 0.257 e. The molecule has 0 radical (unpaired) electrons. The van der Waals surface area contributed by atoms with Crippen molar-refractivity contribution in [3.63, 3.8) is 0 Å². The average molecular weight is 388 g/mol. The Morgan fingerprint density at radius 1 is 1.15 bits per heavy atom. The molecule has 0 bridgehead atoms. The highest BCUT2D eigenvalue weighted by atomic mass is 35.5. The van der Waals surface area contributed by atoms with Crippen LogP contribution in [0.2, 0.25) is 10.0 Å². The summed E-state index contributed by atoms with van der Waals surface area (Å²) in [5, 5.41) is 5.27. The molecule has 132 valence electrons. The number of benzene rings is 2. The molecule has 1 aliphatic rings. The van der Waals surface area contributed by atoms with Gasteiger partial charge in [0.2, 0.25) is 5.91 Å². The number of carbonyl (C=O) groups excluding carboxylic acids is 1. The van der Waals surface area contributed by atoms with E-state index in [9.17, 15) is 4.79 Å². The molecule has 4 rings (SSSR count). The maximum atomic E-state index is 12.5. The third-order valence-electron chi connectivity index (χ3n) is 4.47. The van der Waals surface area contributed by atoms with E-state index < -0.39 is 0 Å². The van der Waals surface area contributed by atoms with Gasteiger partial charge in [-0.1, -0.05) is 40.5 Å². The summed E-state index contributed by atoms with van der Waals surface area (Å²) in [6, 6.07) is 12.8. The second-order valence-electron chi connectivity index (χ2n) is 6.30. The Bertz CT molecular complexity index is 986. The van der Waals surface area contributed by atoms with Crippen LogP contribution in [0.5, 0.6) is 0 Å². The first-order valence-corrected chi connectivity index (χ1v) is 8.93. The Morgan fingerprint density at radius 2 is 1.96 bits per heavy atom. The molecule has 26 heavy (non-hydrogen) atoms. The number of halogens is 2. The van der Waals surface area contributed by atoms with Gasteiger partial charge >= 0.3 is 0 Å². The number of rotatable bonds is 3. The van der Waals surface area contributed by atoms with Gasteiger partial charge in [-0.2, -0.15) is 4.98 Å². The number of carbonyl (C=O) groups is 1. The lowest BCUT2D eigenvalue weighted by atomic mass is 10.1. The number of hydrogen-bond donors (Lipinski definition) is 0. The minimum absolute atomic E-state index is 0.0227. The highest BCUT2D eigenvalue weighted by Crippen LogP contribution is 2.34. The standard InChI is InChI=1S/C19H15Cl2N3O2/c1-11-5-6-15(21)9-16(11)24-10-13(8-17(24)25)18-22-19(26-23-18)12-3-2-4-14(20)7-12/h2-7,9,13H,8,10H2,1H3. The number of aryl methyl sites for hydroxylation is 1. The fraction of sp³-hybridized carbons (Fsp3) is 0.211. The summed E-state index contributed by atoms with van der Waals surface area (Å²) in [6.45, 7) is 2.45. The van der Waals surface area contributed by atoms with Gasteiger partial charge in [0, 0.05) is 40.2 Å². The molecule has 0 spiro atoms. The zero-order chi connectivity index (χ0) is 18.3. The van der Waals surface area contributed by atoms with Gasteiger partial charge < -0.3 is 9.42 Å². The van der Waals surface area contributed by atoms with Crippen molar-refractivity contribution in [1.29, 1.82) is 0 Å². The maximum absolute atomic E-state index is 12.5. The molecule has 0 N–H and O–H groups in total. The van der Waals surface area contributed by atoms with E-state index in [1.54, 1.807) is 17.0 Å². The Balaban J connectivity index is 1.59. The van der Waals surface area contributed by atoms with Crippen LogP contribution < -0.4 is 4.90 Å². The monoisotopic (exact) mass is 387 g/mol. The minimum atomic E-state index is -0.127. The second kappa shape index (κ2) is 6.74. The first kappa shape index (κ1) is 17.1. The zero-order valence-electron chi connectivity index (χ0n) is 13.9. The Hall–Kier alpha value is -2.37. The fourth-order valence-electron chi connectivity index (χ4n) is 3.13. The molecule has 2 heterocycles. The lowest BCUT2D eigenvalue weighted by Crippen LogP contribution is -2.25. The first-order chi connectivity index (χ1) is 12.5.